The minimum Gasteiger partial charge on any atom is -0.463 e. The first-order chi connectivity index (χ1) is 13.6. The van der Waals surface area contributed by atoms with Gasteiger partial charge >= 0.3 is 5.97 Å². The van der Waals surface area contributed by atoms with E-state index in [-0.39, 0.29) is 11.8 Å². The number of benzene rings is 1. The monoisotopic (exact) mass is 377 g/mol. The van der Waals surface area contributed by atoms with Crippen LogP contribution in [0.25, 0.3) is 16.8 Å². The van der Waals surface area contributed by atoms with Crippen LogP contribution in [0.5, 0.6) is 0 Å². The van der Waals surface area contributed by atoms with Gasteiger partial charge in [-0.05, 0) is 61.4 Å². The molecule has 1 atom stereocenters. The number of nitrogens with one attached hydrogen (secondary N) is 1. The van der Waals surface area contributed by atoms with E-state index in [1.54, 1.807) is 38.4 Å². The van der Waals surface area contributed by atoms with Gasteiger partial charge in [-0.3, -0.25) is 4.98 Å². The van der Waals surface area contributed by atoms with Crippen molar-refractivity contribution in [1.82, 2.24) is 15.2 Å². The lowest BCUT2D eigenvalue weighted by molar-refractivity contribution is -0.148. The van der Waals surface area contributed by atoms with Crippen LogP contribution in [-0.2, 0) is 9.53 Å². The zero-order chi connectivity index (χ0) is 19.7. The van der Waals surface area contributed by atoms with E-state index in [0.29, 0.717) is 12.2 Å². The van der Waals surface area contributed by atoms with Gasteiger partial charge in [0.2, 0.25) is 6.17 Å². The van der Waals surface area contributed by atoms with Gasteiger partial charge < -0.3 is 15.0 Å². The molecular formula is C22H20FN3O2. The molecule has 2 aliphatic heterocycles. The molecule has 2 aliphatic rings. The number of fused-ring (bicyclic) bond motifs is 1. The summed E-state index contributed by atoms with van der Waals surface area (Å²) in [5.74, 6) is -0.556. The van der Waals surface area contributed by atoms with E-state index in [1.165, 1.54) is 6.07 Å². The second-order valence-corrected chi connectivity index (χ2v) is 6.58. The van der Waals surface area contributed by atoms with Gasteiger partial charge in [0.15, 0.2) is 0 Å². The molecule has 0 spiro atoms. The lowest BCUT2D eigenvalue weighted by Gasteiger charge is -2.26. The fourth-order valence-electron chi connectivity index (χ4n) is 3.36. The topological polar surface area (TPSA) is 54.5 Å². The molecule has 5 nitrogen and oxygen atoms in total. The molecule has 142 valence electrons. The molecule has 28 heavy (non-hydrogen) atoms. The van der Waals surface area contributed by atoms with Crippen molar-refractivity contribution in [3.8, 4) is 11.3 Å². The van der Waals surface area contributed by atoms with Crippen LogP contribution in [0.4, 0.5) is 4.39 Å². The molecule has 0 saturated heterocycles. The number of carbonyl (C=O) groups is 1. The van der Waals surface area contributed by atoms with Crippen molar-refractivity contribution in [1.29, 1.82) is 0 Å². The fraction of sp³-hybridized carbons (Fsp3) is 0.182. The van der Waals surface area contributed by atoms with Gasteiger partial charge in [-0.2, -0.15) is 0 Å². The summed E-state index contributed by atoms with van der Waals surface area (Å²) in [6, 6.07) is 8.86. The largest absolute Gasteiger partial charge is 0.463 e. The van der Waals surface area contributed by atoms with E-state index >= 15 is 0 Å². The maximum absolute atomic E-state index is 13.7. The van der Waals surface area contributed by atoms with E-state index in [9.17, 15) is 9.18 Å². The maximum Gasteiger partial charge on any atom is 0.350 e. The zero-order valence-electron chi connectivity index (χ0n) is 15.6. The molecule has 0 amide bonds. The molecule has 2 aromatic rings. The molecule has 0 fully saturated rings. The van der Waals surface area contributed by atoms with Gasteiger partial charge in [-0.1, -0.05) is 6.07 Å². The standard InChI is InChI=1S/C22H20FN3O2/c1-3-28-22(27)21-25-13-17-12-15(8-10-26(17)21)18-5-4-9-24-20(18)16-6-7-19(23)14(2)11-16/h4-13,21,25H,3H2,1-2H3. The first-order valence-electron chi connectivity index (χ1n) is 9.11. The molecule has 1 aromatic heterocycles. The lowest BCUT2D eigenvalue weighted by atomic mass is 9.96. The number of halogens is 1. The van der Waals surface area contributed by atoms with E-state index in [0.717, 1.165) is 28.1 Å². The number of allylic oxidation sites excluding steroid dienone is 3. The van der Waals surface area contributed by atoms with Gasteiger partial charge in [0.25, 0.3) is 0 Å². The normalized spacial score (nSPS) is 17.5. The van der Waals surface area contributed by atoms with Crippen LogP contribution >= 0.6 is 0 Å². The number of nitrogens with zero attached hydrogens (tertiary/aromatic N) is 2. The summed E-state index contributed by atoms with van der Waals surface area (Å²) in [6.45, 7) is 3.86. The first-order valence-corrected chi connectivity index (χ1v) is 9.11. The number of aromatic nitrogens is 1. The molecule has 3 heterocycles. The second kappa shape index (κ2) is 7.31. The summed E-state index contributed by atoms with van der Waals surface area (Å²) >= 11 is 0. The molecule has 0 saturated carbocycles. The van der Waals surface area contributed by atoms with E-state index in [2.05, 4.69) is 10.3 Å². The number of hydrogen-bond donors (Lipinski definition) is 1. The van der Waals surface area contributed by atoms with Crippen molar-refractivity contribution < 1.29 is 13.9 Å². The summed E-state index contributed by atoms with van der Waals surface area (Å²) in [7, 11) is 0. The Balaban J connectivity index is 1.67. The Morgan fingerprint density at radius 2 is 2.21 bits per heavy atom. The number of hydrogen-bond acceptors (Lipinski definition) is 5. The molecule has 6 heteroatoms. The predicted octanol–water partition coefficient (Wildman–Crippen LogP) is 3.74. The Bertz CT molecular complexity index is 1030. The minimum absolute atomic E-state index is 0.235. The molecule has 1 unspecified atom stereocenters. The average molecular weight is 377 g/mol. The Kier molecular flexibility index (Phi) is 4.69. The number of aryl methyl sites for hydroxylation is 1. The Morgan fingerprint density at radius 1 is 1.36 bits per heavy atom. The van der Waals surface area contributed by atoms with Crippen molar-refractivity contribution in [2.24, 2.45) is 0 Å². The molecule has 0 aliphatic carbocycles. The van der Waals surface area contributed by atoms with E-state index in [4.69, 9.17) is 4.74 Å². The van der Waals surface area contributed by atoms with Crippen molar-refractivity contribution >= 4 is 11.5 Å². The van der Waals surface area contributed by atoms with Crippen LogP contribution in [0.3, 0.4) is 0 Å². The van der Waals surface area contributed by atoms with Gasteiger partial charge in [0.1, 0.15) is 5.82 Å². The molecule has 1 aromatic carbocycles. The summed E-state index contributed by atoms with van der Waals surface area (Å²) in [4.78, 5) is 18.5. The minimum atomic E-state index is -0.558. The van der Waals surface area contributed by atoms with Crippen LogP contribution in [0.15, 0.2) is 66.8 Å². The van der Waals surface area contributed by atoms with Gasteiger partial charge in [-0.25, -0.2) is 9.18 Å². The molecule has 0 bridgehead atoms. The molecule has 0 radical (unpaired) electrons. The number of carbonyl (C=O) groups excluding carboxylic acids is 1. The maximum atomic E-state index is 13.7. The van der Waals surface area contributed by atoms with Gasteiger partial charge in [0.05, 0.1) is 18.0 Å². The van der Waals surface area contributed by atoms with Crippen molar-refractivity contribution in [3.63, 3.8) is 0 Å². The summed E-state index contributed by atoms with van der Waals surface area (Å²) in [6.07, 6.45) is 8.75. The summed E-state index contributed by atoms with van der Waals surface area (Å²) in [5.41, 5.74) is 4.97. The van der Waals surface area contributed by atoms with E-state index < -0.39 is 6.17 Å². The Morgan fingerprint density at radius 3 is 3.00 bits per heavy atom. The third-order valence-corrected chi connectivity index (χ3v) is 4.74. The third-order valence-electron chi connectivity index (χ3n) is 4.74. The zero-order valence-corrected chi connectivity index (χ0v) is 15.6. The van der Waals surface area contributed by atoms with Crippen molar-refractivity contribution in [2.75, 3.05) is 6.61 Å². The smallest absolute Gasteiger partial charge is 0.350 e. The van der Waals surface area contributed by atoms with Crippen LogP contribution in [-0.4, -0.2) is 28.6 Å². The summed E-state index contributed by atoms with van der Waals surface area (Å²) < 4.78 is 18.8. The number of rotatable bonds is 4. The van der Waals surface area contributed by atoms with Crippen molar-refractivity contribution in [3.05, 3.63) is 83.7 Å². The average Bonchev–Trinajstić information content (AvgIpc) is 3.13. The van der Waals surface area contributed by atoms with Crippen LogP contribution in [0.1, 0.15) is 18.1 Å². The van der Waals surface area contributed by atoms with E-state index in [1.807, 2.05) is 35.4 Å². The molecule has 4 rings (SSSR count). The quantitative estimate of drug-likeness (QED) is 0.823. The highest BCUT2D eigenvalue weighted by Crippen LogP contribution is 2.33. The third kappa shape index (κ3) is 3.17. The number of pyridine rings is 1. The number of ether oxygens (including phenoxy) is 1. The molecular weight excluding hydrogens is 357 g/mol. The van der Waals surface area contributed by atoms with Crippen LogP contribution < -0.4 is 5.32 Å². The van der Waals surface area contributed by atoms with Gasteiger partial charge in [0, 0.05) is 29.7 Å². The van der Waals surface area contributed by atoms with Crippen LogP contribution in [0.2, 0.25) is 0 Å². The lowest BCUT2D eigenvalue weighted by Crippen LogP contribution is -2.42. The van der Waals surface area contributed by atoms with Crippen molar-refractivity contribution in [2.45, 2.75) is 20.0 Å². The summed E-state index contributed by atoms with van der Waals surface area (Å²) in [5, 5.41) is 3.05. The highest BCUT2D eigenvalue weighted by Gasteiger charge is 2.32. The van der Waals surface area contributed by atoms with Crippen LogP contribution in [0, 0.1) is 12.7 Å². The van der Waals surface area contributed by atoms with Gasteiger partial charge in [-0.15, -0.1) is 0 Å². The number of esters is 1. The Labute approximate surface area is 162 Å². The SMILES string of the molecule is CCOC(=O)C1NC=C2C=C(c3cccnc3-c3ccc(F)c(C)c3)C=CN21. The highest BCUT2D eigenvalue weighted by molar-refractivity contribution is 5.86. The first kappa shape index (κ1) is 18.0. The molecule has 1 N–H and O–H groups in total. The highest BCUT2D eigenvalue weighted by atomic mass is 19.1. The fourth-order valence-corrected chi connectivity index (χ4v) is 3.36. The predicted molar refractivity (Wildman–Crippen MR) is 105 cm³/mol. The second-order valence-electron chi connectivity index (χ2n) is 6.58. The Hall–Kier alpha value is -3.41.